The summed E-state index contributed by atoms with van der Waals surface area (Å²) >= 11 is 0. The van der Waals surface area contributed by atoms with Crippen molar-refractivity contribution in [3.05, 3.63) is 0 Å². The highest BCUT2D eigenvalue weighted by Gasteiger charge is 2.17. The van der Waals surface area contributed by atoms with Crippen molar-refractivity contribution < 1.29 is 24.1 Å². The summed E-state index contributed by atoms with van der Waals surface area (Å²) in [5, 5.41) is 0. The minimum atomic E-state index is -5.39. The van der Waals surface area contributed by atoms with Crippen molar-refractivity contribution in [1.29, 1.82) is 0 Å². The highest BCUT2D eigenvalue weighted by atomic mass is 31.2. The van der Waals surface area contributed by atoms with Crippen LogP contribution in [0, 0.1) is 0 Å². The number of nitrogens with one attached hydrogen (secondary N) is 1. The summed E-state index contributed by atoms with van der Waals surface area (Å²) in [5.41, 5.74) is 0. The maximum absolute atomic E-state index is 8.55. The number of hydrogen-bond donors (Lipinski definition) is 1. The lowest BCUT2D eigenvalue weighted by Gasteiger charge is -2.36. The van der Waals surface area contributed by atoms with Crippen LogP contribution < -0.4 is 19.6 Å². The summed E-state index contributed by atoms with van der Waals surface area (Å²) in [6.07, 6.45) is 7.33. The van der Waals surface area contributed by atoms with E-state index in [1.807, 2.05) is 0 Å². The van der Waals surface area contributed by atoms with Crippen molar-refractivity contribution in [1.82, 2.24) is 0 Å². The van der Waals surface area contributed by atoms with Crippen molar-refractivity contribution in [2.75, 3.05) is 14.1 Å². The predicted octanol–water partition coefficient (Wildman–Crippen LogP) is -2.36. The second kappa shape index (κ2) is 6.53. The molecule has 6 heteroatoms. The molecule has 0 aromatic carbocycles. The molecule has 1 saturated carbocycles. The van der Waals surface area contributed by atoms with Crippen LogP contribution in [0.2, 0.25) is 0 Å². The number of phosphoric acid groups is 1. The smallest absolute Gasteiger partial charge is 0.0870 e. The zero-order valence-corrected chi connectivity index (χ0v) is 9.59. The molecule has 0 amide bonds. The van der Waals surface area contributed by atoms with Crippen LogP contribution in [0.4, 0.5) is 0 Å². The van der Waals surface area contributed by atoms with Crippen LogP contribution in [0.25, 0.3) is 0 Å². The van der Waals surface area contributed by atoms with Crippen molar-refractivity contribution in [3.63, 3.8) is 0 Å². The quantitative estimate of drug-likeness (QED) is 0.503. The third-order valence-electron chi connectivity index (χ3n) is 2.42. The Bertz CT molecular complexity index is 178. The van der Waals surface area contributed by atoms with Crippen LogP contribution in [-0.4, -0.2) is 20.1 Å². The van der Waals surface area contributed by atoms with Crippen molar-refractivity contribution >= 4 is 7.82 Å². The van der Waals surface area contributed by atoms with Crippen LogP contribution in [0.15, 0.2) is 0 Å². The fourth-order valence-electron chi connectivity index (χ4n) is 1.68. The normalized spacial score (nSPS) is 19.0. The van der Waals surface area contributed by atoms with E-state index in [-0.39, 0.29) is 0 Å². The largest absolute Gasteiger partial charge is 0.822 e. The fourth-order valence-corrected chi connectivity index (χ4v) is 1.68. The molecule has 1 N–H and O–H groups in total. The molecule has 1 aliphatic rings. The lowest BCUT2D eigenvalue weighted by molar-refractivity contribution is -0.887. The molecule has 86 valence electrons. The Morgan fingerprint density at radius 2 is 1.43 bits per heavy atom. The number of hydrogen-bond acceptors (Lipinski definition) is 4. The molecule has 1 rings (SSSR count). The van der Waals surface area contributed by atoms with E-state index in [2.05, 4.69) is 14.1 Å². The van der Waals surface area contributed by atoms with Crippen LogP contribution in [0.1, 0.15) is 32.1 Å². The number of quaternary nitrogens is 1. The minimum absolute atomic E-state index is 0.971. The van der Waals surface area contributed by atoms with Gasteiger partial charge in [-0.3, -0.25) is 0 Å². The van der Waals surface area contributed by atoms with Crippen molar-refractivity contribution in [2.45, 2.75) is 38.1 Å². The average Bonchev–Trinajstić information content (AvgIpc) is 2.03. The number of rotatable bonds is 1. The maximum Gasteiger partial charge on any atom is 0.0870 e. The van der Waals surface area contributed by atoms with Gasteiger partial charge in [0.15, 0.2) is 0 Å². The zero-order valence-electron chi connectivity index (χ0n) is 8.69. The molecule has 1 fully saturated rings. The highest BCUT2D eigenvalue weighted by molar-refractivity contribution is 7.40. The molecule has 0 bridgehead atoms. The van der Waals surface area contributed by atoms with E-state index in [0.29, 0.717) is 0 Å². The van der Waals surface area contributed by atoms with Gasteiger partial charge in [0.25, 0.3) is 0 Å². The molecule has 0 saturated heterocycles. The van der Waals surface area contributed by atoms with Gasteiger partial charge in [-0.2, -0.15) is 7.82 Å². The lowest BCUT2D eigenvalue weighted by Crippen LogP contribution is -3.10. The average molecular weight is 223 g/mol. The summed E-state index contributed by atoms with van der Waals surface area (Å²) in [4.78, 5) is 27.3. The van der Waals surface area contributed by atoms with Crippen LogP contribution in [0.3, 0.4) is 0 Å². The summed E-state index contributed by atoms with van der Waals surface area (Å²) < 4.78 is 8.55. The van der Waals surface area contributed by atoms with Crippen LogP contribution in [0.5, 0.6) is 0 Å². The first-order valence-corrected chi connectivity index (χ1v) is 6.30. The molecule has 1 aliphatic carbocycles. The van der Waals surface area contributed by atoms with Gasteiger partial charge in [0.1, 0.15) is 0 Å². The molecule has 0 aromatic heterocycles. The molecule has 0 heterocycles. The van der Waals surface area contributed by atoms with E-state index in [9.17, 15) is 0 Å². The molecule has 5 nitrogen and oxygen atoms in total. The molecule has 0 radical (unpaired) electrons. The van der Waals surface area contributed by atoms with Gasteiger partial charge in [0, 0.05) is 0 Å². The molecule has 0 aromatic rings. The Morgan fingerprint density at radius 3 is 1.64 bits per heavy atom. The molecule has 0 atom stereocenters. The van der Waals surface area contributed by atoms with Gasteiger partial charge in [0.05, 0.1) is 20.1 Å². The van der Waals surface area contributed by atoms with E-state index in [4.69, 9.17) is 19.2 Å². The van der Waals surface area contributed by atoms with Crippen LogP contribution in [-0.2, 0) is 4.57 Å². The Labute approximate surface area is 85.0 Å². The standard InChI is InChI=1S/C8H17N.H3O4P/c1-9(2)8-6-4-3-5-7-8;1-5(2,3)4/h8H,3-7H2,1-2H3;(H3,1,2,3,4)/p-2. The van der Waals surface area contributed by atoms with E-state index < -0.39 is 7.82 Å². The summed E-state index contributed by atoms with van der Waals surface area (Å²) in [6, 6.07) is 0.971. The third-order valence-corrected chi connectivity index (χ3v) is 2.42. The second-order valence-electron chi connectivity index (χ2n) is 3.86. The molecular weight excluding hydrogens is 205 g/mol. The van der Waals surface area contributed by atoms with Crippen molar-refractivity contribution in [3.8, 4) is 0 Å². The van der Waals surface area contributed by atoms with E-state index in [1.165, 1.54) is 32.1 Å². The molecule has 0 spiro atoms. The Hall–Kier alpha value is 0.0700. The molecule has 0 unspecified atom stereocenters. The SMILES string of the molecule is C[NH+](C)C1CCCCC1.O=P([O-])([O-])[O-]. The maximum atomic E-state index is 8.55. The first-order chi connectivity index (χ1) is 6.30. The Balaban J connectivity index is 0.000000292. The van der Waals surface area contributed by atoms with Gasteiger partial charge in [-0.15, -0.1) is 0 Å². The Morgan fingerprint density at radius 1 is 1.07 bits per heavy atom. The van der Waals surface area contributed by atoms with Gasteiger partial charge < -0.3 is 24.1 Å². The minimum Gasteiger partial charge on any atom is -0.822 e. The summed E-state index contributed by atoms with van der Waals surface area (Å²) in [5.74, 6) is 0. The van der Waals surface area contributed by atoms with Gasteiger partial charge in [-0.25, -0.2) is 0 Å². The lowest BCUT2D eigenvalue weighted by atomic mass is 9.95. The first-order valence-electron chi connectivity index (χ1n) is 4.84. The van der Waals surface area contributed by atoms with E-state index >= 15 is 0 Å². The van der Waals surface area contributed by atoms with Gasteiger partial charge in [-0.1, -0.05) is 6.42 Å². The molecule has 0 aliphatic heterocycles. The molecular formula is C8H18NO4P-2. The fraction of sp³-hybridized carbons (Fsp3) is 1.00. The van der Waals surface area contributed by atoms with Gasteiger partial charge in [-0.05, 0) is 25.7 Å². The first kappa shape index (κ1) is 14.1. The van der Waals surface area contributed by atoms with Crippen LogP contribution >= 0.6 is 7.82 Å². The molecule has 14 heavy (non-hydrogen) atoms. The van der Waals surface area contributed by atoms with E-state index in [1.54, 1.807) is 4.90 Å². The van der Waals surface area contributed by atoms with Gasteiger partial charge in [0.2, 0.25) is 0 Å². The van der Waals surface area contributed by atoms with Crippen molar-refractivity contribution in [2.24, 2.45) is 0 Å². The van der Waals surface area contributed by atoms with E-state index in [0.717, 1.165) is 6.04 Å². The monoisotopic (exact) mass is 223 g/mol. The van der Waals surface area contributed by atoms with Gasteiger partial charge >= 0.3 is 0 Å². The Kier molecular flexibility index (Phi) is 6.57. The second-order valence-corrected chi connectivity index (χ2v) is 4.75. The highest BCUT2D eigenvalue weighted by Crippen LogP contribution is 2.14. The zero-order chi connectivity index (χ0) is 11.2. The third kappa shape index (κ3) is 10.2. The predicted molar refractivity (Wildman–Crippen MR) is 47.3 cm³/mol. The summed E-state index contributed by atoms with van der Waals surface area (Å²) in [7, 11) is -0.841. The summed E-state index contributed by atoms with van der Waals surface area (Å²) in [6.45, 7) is 0. The topological polar surface area (TPSA) is 90.7 Å².